The van der Waals surface area contributed by atoms with E-state index in [4.69, 9.17) is 23.2 Å². The summed E-state index contributed by atoms with van der Waals surface area (Å²) in [5.41, 5.74) is 1.30. The lowest BCUT2D eigenvalue weighted by atomic mass is 9.67. The normalized spacial score (nSPS) is 23.3. The third-order valence-corrected chi connectivity index (χ3v) is 9.09. The van der Waals surface area contributed by atoms with Gasteiger partial charge in [0.05, 0.1) is 17.2 Å². The average molecular weight is 566 g/mol. The fourth-order valence-electron chi connectivity index (χ4n) is 5.45. The molecule has 4 atom stereocenters. The molecule has 37 heavy (non-hydrogen) atoms. The Labute approximate surface area is 232 Å². The summed E-state index contributed by atoms with van der Waals surface area (Å²) in [6.45, 7) is 11.9. The summed E-state index contributed by atoms with van der Waals surface area (Å²) in [5, 5.41) is 1.25. The van der Waals surface area contributed by atoms with E-state index in [9.17, 15) is 13.2 Å². The van der Waals surface area contributed by atoms with Crippen LogP contribution < -0.4 is 4.72 Å². The standard InChI is InChI=1S/C29H38Cl2N2O3S/c1-6-15-29(5)18-26(22-9-8-10-24(31)17-22)27(21-11-13-23(30)14-12-21)33(28(29)34)25(16-20(3)4)19-32-37(35,36)7-2/h6,8-14,17,20,25-27,32H,1,7,15-16,18-19H2,2-5H3/t25-,26+,27+,29-/m0/s1. The monoisotopic (exact) mass is 564 g/mol. The second kappa shape index (κ2) is 12.3. The van der Waals surface area contributed by atoms with E-state index < -0.39 is 15.4 Å². The summed E-state index contributed by atoms with van der Waals surface area (Å²) in [4.78, 5) is 16.3. The third-order valence-electron chi connectivity index (χ3n) is 7.24. The number of nitrogens with zero attached hydrogens (tertiary/aromatic N) is 1. The molecule has 1 heterocycles. The minimum Gasteiger partial charge on any atom is -0.330 e. The quantitative estimate of drug-likeness (QED) is 0.299. The van der Waals surface area contributed by atoms with Crippen molar-refractivity contribution in [1.82, 2.24) is 9.62 Å². The number of hydrogen-bond acceptors (Lipinski definition) is 3. The lowest BCUT2D eigenvalue weighted by molar-refractivity contribution is -0.154. The molecule has 0 spiro atoms. The van der Waals surface area contributed by atoms with Crippen LogP contribution in [0.25, 0.3) is 0 Å². The van der Waals surface area contributed by atoms with Gasteiger partial charge in [0, 0.05) is 28.5 Å². The molecule has 2 aromatic rings. The van der Waals surface area contributed by atoms with Crippen LogP contribution in [0.4, 0.5) is 0 Å². The molecular weight excluding hydrogens is 527 g/mol. The van der Waals surface area contributed by atoms with Gasteiger partial charge in [-0.15, -0.1) is 6.58 Å². The molecule has 0 radical (unpaired) electrons. The predicted octanol–water partition coefficient (Wildman–Crippen LogP) is 6.99. The topological polar surface area (TPSA) is 66.5 Å². The summed E-state index contributed by atoms with van der Waals surface area (Å²) in [6, 6.07) is 14.7. The Morgan fingerprint density at radius 2 is 1.81 bits per heavy atom. The Hall–Kier alpha value is -1.86. The number of hydrogen-bond donors (Lipinski definition) is 1. The van der Waals surface area contributed by atoms with Gasteiger partial charge in [-0.2, -0.15) is 0 Å². The van der Waals surface area contributed by atoms with Crippen molar-refractivity contribution in [3.8, 4) is 0 Å². The SMILES string of the molecule is C=CC[C@@]1(C)C[C@H](c2cccc(Cl)c2)[C@@H](c2ccc(Cl)cc2)N([C@H](CNS(=O)(=O)CC)CC(C)C)C1=O. The van der Waals surface area contributed by atoms with Crippen LogP contribution in [0.3, 0.4) is 0 Å². The summed E-state index contributed by atoms with van der Waals surface area (Å²) in [6.07, 6.45) is 3.57. The minimum absolute atomic E-state index is 0.00646. The molecule has 1 N–H and O–H groups in total. The number of carbonyl (C=O) groups is 1. The molecule has 8 heteroatoms. The number of benzene rings is 2. The van der Waals surface area contributed by atoms with Crippen LogP contribution in [-0.4, -0.2) is 37.6 Å². The zero-order valence-corrected chi connectivity index (χ0v) is 24.4. The number of halogens is 2. The Bertz CT molecular complexity index is 1200. The Kier molecular flexibility index (Phi) is 9.90. The molecule has 0 aromatic heterocycles. The molecule has 202 valence electrons. The summed E-state index contributed by atoms with van der Waals surface area (Å²) >= 11 is 12.7. The molecule has 0 unspecified atom stereocenters. The van der Waals surface area contributed by atoms with E-state index >= 15 is 0 Å². The lowest BCUT2D eigenvalue weighted by Gasteiger charge is -2.52. The smallest absolute Gasteiger partial charge is 0.229 e. The fraction of sp³-hybridized carbons (Fsp3) is 0.483. The fourth-order valence-corrected chi connectivity index (χ4v) is 6.43. The van der Waals surface area contributed by atoms with Crippen LogP contribution in [0.1, 0.15) is 70.0 Å². The van der Waals surface area contributed by atoms with E-state index in [1.165, 1.54) is 0 Å². The first kappa shape index (κ1) is 29.7. The van der Waals surface area contributed by atoms with Crippen LogP contribution in [0.15, 0.2) is 61.2 Å². The van der Waals surface area contributed by atoms with Crippen molar-refractivity contribution in [3.63, 3.8) is 0 Å². The van der Waals surface area contributed by atoms with Crippen LogP contribution in [-0.2, 0) is 14.8 Å². The Morgan fingerprint density at radius 1 is 1.14 bits per heavy atom. The molecule has 1 fully saturated rings. The molecule has 0 aliphatic carbocycles. The molecule has 1 aliphatic rings. The van der Waals surface area contributed by atoms with E-state index in [2.05, 4.69) is 31.2 Å². The number of allylic oxidation sites excluding steroid dienone is 1. The second-order valence-corrected chi connectivity index (χ2v) is 13.6. The first-order valence-corrected chi connectivity index (χ1v) is 15.2. The highest BCUT2D eigenvalue weighted by molar-refractivity contribution is 7.89. The average Bonchev–Trinajstić information content (AvgIpc) is 2.84. The van der Waals surface area contributed by atoms with E-state index in [1.54, 1.807) is 13.0 Å². The minimum atomic E-state index is -3.44. The van der Waals surface area contributed by atoms with Gasteiger partial charge in [-0.25, -0.2) is 13.1 Å². The highest BCUT2D eigenvalue weighted by Crippen LogP contribution is 2.52. The Morgan fingerprint density at radius 3 is 2.38 bits per heavy atom. The molecule has 3 rings (SSSR count). The Balaban J connectivity index is 2.23. The number of likely N-dealkylation sites (tertiary alicyclic amines) is 1. The van der Waals surface area contributed by atoms with Gasteiger partial charge in [-0.1, -0.05) is 74.3 Å². The predicted molar refractivity (Wildman–Crippen MR) is 153 cm³/mol. The van der Waals surface area contributed by atoms with Gasteiger partial charge < -0.3 is 4.90 Å². The lowest BCUT2D eigenvalue weighted by Crippen LogP contribution is -2.58. The number of amides is 1. The highest BCUT2D eigenvalue weighted by atomic mass is 35.5. The third kappa shape index (κ3) is 7.17. The highest BCUT2D eigenvalue weighted by Gasteiger charge is 2.51. The van der Waals surface area contributed by atoms with Crippen molar-refractivity contribution in [2.45, 2.75) is 65.0 Å². The molecule has 1 aliphatic heterocycles. The van der Waals surface area contributed by atoms with Gasteiger partial charge in [-0.05, 0) is 67.5 Å². The second-order valence-electron chi connectivity index (χ2n) is 10.7. The van der Waals surface area contributed by atoms with E-state index in [1.807, 2.05) is 54.3 Å². The number of sulfonamides is 1. The molecule has 5 nitrogen and oxygen atoms in total. The maximum absolute atomic E-state index is 14.4. The van der Waals surface area contributed by atoms with Gasteiger partial charge in [-0.3, -0.25) is 4.79 Å². The molecular formula is C29H38Cl2N2O3S. The van der Waals surface area contributed by atoms with Gasteiger partial charge in [0.1, 0.15) is 0 Å². The van der Waals surface area contributed by atoms with Crippen LogP contribution in [0, 0.1) is 11.3 Å². The number of piperidine rings is 1. The van der Waals surface area contributed by atoms with Crippen molar-refractivity contribution in [1.29, 1.82) is 0 Å². The first-order valence-electron chi connectivity index (χ1n) is 12.8. The molecule has 1 saturated heterocycles. The van der Waals surface area contributed by atoms with Crippen LogP contribution in [0.2, 0.25) is 10.0 Å². The largest absolute Gasteiger partial charge is 0.330 e. The van der Waals surface area contributed by atoms with Crippen molar-refractivity contribution in [2.24, 2.45) is 11.3 Å². The maximum atomic E-state index is 14.4. The molecule has 1 amide bonds. The van der Waals surface area contributed by atoms with Gasteiger partial charge in [0.2, 0.25) is 15.9 Å². The summed E-state index contributed by atoms with van der Waals surface area (Å²) in [5.74, 6) is 0.161. The van der Waals surface area contributed by atoms with E-state index in [0.717, 1.165) is 11.1 Å². The van der Waals surface area contributed by atoms with Crippen LogP contribution in [0.5, 0.6) is 0 Å². The molecule has 0 bridgehead atoms. The summed E-state index contributed by atoms with van der Waals surface area (Å²) < 4.78 is 27.6. The first-order chi connectivity index (χ1) is 17.4. The number of nitrogens with one attached hydrogen (secondary N) is 1. The van der Waals surface area contributed by atoms with E-state index in [0.29, 0.717) is 29.3 Å². The molecule has 0 saturated carbocycles. The number of rotatable bonds is 11. The van der Waals surface area contributed by atoms with Crippen molar-refractivity contribution in [2.75, 3.05) is 12.3 Å². The van der Waals surface area contributed by atoms with Crippen molar-refractivity contribution >= 4 is 39.1 Å². The van der Waals surface area contributed by atoms with Crippen molar-refractivity contribution in [3.05, 3.63) is 82.4 Å². The van der Waals surface area contributed by atoms with Gasteiger partial charge >= 0.3 is 0 Å². The van der Waals surface area contributed by atoms with Crippen molar-refractivity contribution < 1.29 is 13.2 Å². The molecule has 2 aromatic carbocycles. The summed E-state index contributed by atoms with van der Waals surface area (Å²) in [7, 11) is -3.44. The number of carbonyl (C=O) groups excluding carboxylic acids is 1. The van der Waals surface area contributed by atoms with Gasteiger partial charge in [0.15, 0.2) is 0 Å². The maximum Gasteiger partial charge on any atom is 0.229 e. The zero-order valence-electron chi connectivity index (χ0n) is 22.1. The van der Waals surface area contributed by atoms with Gasteiger partial charge in [0.25, 0.3) is 0 Å². The van der Waals surface area contributed by atoms with Crippen LogP contribution >= 0.6 is 23.2 Å². The zero-order chi connectivity index (χ0) is 27.4. The van der Waals surface area contributed by atoms with E-state index in [-0.39, 0.29) is 42.1 Å².